The van der Waals surface area contributed by atoms with Crippen LogP contribution in [0.15, 0.2) is 24.3 Å². The van der Waals surface area contributed by atoms with Crippen molar-refractivity contribution in [2.45, 2.75) is 19.4 Å². The molecule has 0 saturated carbocycles. The first kappa shape index (κ1) is 12.6. The highest BCUT2D eigenvalue weighted by atomic mass is 16.2. The van der Waals surface area contributed by atoms with Gasteiger partial charge in [-0.05, 0) is 18.1 Å². The van der Waals surface area contributed by atoms with Crippen LogP contribution in [-0.4, -0.2) is 48.3 Å². The van der Waals surface area contributed by atoms with Gasteiger partial charge < -0.3 is 9.80 Å². The molecule has 1 aromatic rings. The van der Waals surface area contributed by atoms with Crippen LogP contribution >= 0.6 is 0 Å². The number of hydrogen-bond acceptors (Lipinski definition) is 2. The third-order valence-electron chi connectivity index (χ3n) is 3.57. The van der Waals surface area contributed by atoms with Crippen LogP contribution in [0.4, 0.5) is 0 Å². The zero-order valence-electron chi connectivity index (χ0n) is 11.0. The summed E-state index contributed by atoms with van der Waals surface area (Å²) in [7, 11) is 3.38. The Morgan fingerprint density at radius 2 is 1.89 bits per heavy atom. The lowest BCUT2D eigenvalue weighted by Gasteiger charge is -2.36. The molecule has 0 bridgehead atoms. The predicted octanol–water partition coefficient (Wildman–Crippen LogP) is 0.837. The Morgan fingerprint density at radius 1 is 1.22 bits per heavy atom. The van der Waals surface area contributed by atoms with Crippen molar-refractivity contribution in [2.24, 2.45) is 0 Å². The fourth-order valence-electron chi connectivity index (χ4n) is 2.26. The molecular weight excluding hydrogens is 228 g/mol. The number of rotatable bonds is 2. The second kappa shape index (κ2) is 4.80. The molecule has 1 fully saturated rings. The smallest absolute Gasteiger partial charge is 0.245 e. The van der Waals surface area contributed by atoms with Crippen LogP contribution in [0.1, 0.15) is 11.1 Å². The first-order chi connectivity index (χ1) is 8.50. The van der Waals surface area contributed by atoms with Crippen molar-refractivity contribution >= 4 is 11.8 Å². The molecule has 1 aliphatic heterocycles. The molecule has 18 heavy (non-hydrogen) atoms. The zero-order chi connectivity index (χ0) is 13.3. The molecule has 0 N–H and O–H groups in total. The summed E-state index contributed by atoms with van der Waals surface area (Å²) >= 11 is 0. The topological polar surface area (TPSA) is 40.6 Å². The number of likely N-dealkylation sites (N-methyl/N-ethyl adjacent to an activating group) is 2. The summed E-state index contributed by atoms with van der Waals surface area (Å²) in [5.41, 5.74) is 2.27. The van der Waals surface area contributed by atoms with E-state index >= 15 is 0 Å². The Labute approximate surface area is 107 Å². The molecule has 1 aliphatic rings. The SMILES string of the molecule is Cc1ccccc1CC1C(=O)N(C)CC(=O)N1C. The van der Waals surface area contributed by atoms with E-state index in [9.17, 15) is 9.59 Å². The lowest BCUT2D eigenvalue weighted by molar-refractivity contribution is -0.152. The normalized spacial score (nSPS) is 20.5. The van der Waals surface area contributed by atoms with Gasteiger partial charge in [-0.15, -0.1) is 0 Å². The molecule has 1 unspecified atom stereocenters. The highest BCUT2D eigenvalue weighted by Gasteiger charge is 2.35. The number of nitrogens with zero attached hydrogens (tertiary/aromatic N) is 2. The van der Waals surface area contributed by atoms with Crippen LogP contribution in [-0.2, 0) is 16.0 Å². The van der Waals surface area contributed by atoms with Crippen LogP contribution in [0.25, 0.3) is 0 Å². The maximum Gasteiger partial charge on any atom is 0.245 e. The van der Waals surface area contributed by atoms with Crippen molar-refractivity contribution in [1.29, 1.82) is 0 Å². The van der Waals surface area contributed by atoms with Gasteiger partial charge >= 0.3 is 0 Å². The van der Waals surface area contributed by atoms with Crippen LogP contribution in [0.2, 0.25) is 0 Å². The van der Waals surface area contributed by atoms with Gasteiger partial charge in [0.1, 0.15) is 6.04 Å². The van der Waals surface area contributed by atoms with E-state index in [0.717, 1.165) is 11.1 Å². The molecular formula is C14H18N2O2. The number of aryl methyl sites for hydroxylation is 1. The van der Waals surface area contributed by atoms with Gasteiger partial charge in [0.2, 0.25) is 11.8 Å². The average Bonchev–Trinajstić information content (AvgIpc) is 2.34. The first-order valence-electron chi connectivity index (χ1n) is 6.06. The van der Waals surface area contributed by atoms with Gasteiger partial charge in [-0.2, -0.15) is 0 Å². The largest absolute Gasteiger partial charge is 0.335 e. The van der Waals surface area contributed by atoms with E-state index in [1.165, 1.54) is 4.90 Å². The predicted molar refractivity (Wildman–Crippen MR) is 69.1 cm³/mol. The molecule has 1 heterocycles. The number of amides is 2. The molecule has 4 heteroatoms. The molecule has 1 aromatic carbocycles. The molecule has 2 amide bonds. The first-order valence-corrected chi connectivity index (χ1v) is 6.06. The zero-order valence-corrected chi connectivity index (χ0v) is 11.0. The highest BCUT2D eigenvalue weighted by molar-refractivity contribution is 5.94. The number of hydrogen-bond donors (Lipinski definition) is 0. The van der Waals surface area contributed by atoms with E-state index in [1.54, 1.807) is 19.0 Å². The highest BCUT2D eigenvalue weighted by Crippen LogP contribution is 2.17. The lowest BCUT2D eigenvalue weighted by atomic mass is 9.98. The monoisotopic (exact) mass is 246 g/mol. The Hall–Kier alpha value is -1.84. The van der Waals surface area contributed by atoms with Crippen LogP contribution < -0.4 is 0 Å². The van der Waals surface area contributed by atoms with Gasteiger partial charge in [-0.25, -0.2) is 0 Å². The summed E-state index contributed by atoms with van der Waals surface area (Å²) in [6, 6.07) is 7.59. The summed E-state index contributed by atoms with van der Waals surface area (Å²) in [5, 5.41) is 0. The maximum atomic E-state index is 12.1. The van der Waals surface area contributed by atoms with E-state index < -0.39 is 0 Å². The summed E-state index contributed by atoms with van der Waals surface area (Å²) in [6.45, 7) is 2.20. The fraction of sp³-hybridized carbons (Fsp3) is 0.429. The minimum Gasteiger partial charge on any atom is -0.335 e. The fourth-order valence-corrected chi connectivity index (χ4v) is 2.26. The Kier molecular flexibility index (Phi) is 3.36. The van der Waals surface area contributed by atoms with Crippen molar-refractivity contribution in [3.63, 3.8) is 0 Å². The second-order valence-corrected chi connectivity index (χ2v) is 4.85. The van der Waals surface area contributed by atoms with E-state index in [4.69, 9.17) is 0 Å². The number of benzene rings is 1. The summed E-state index contributed by atoms with van der Waals surface area (Å²) in [6.07, 6.45) is 0.581. The standard InChI is InChI=1S/C14H18N2O2/c1-10-6-4-5-7-11(10)8-12-14(18)15(2)9-13(17)16(12)3/h4-7,12H,8-9H2,1-3H3. The quantitative estimate of drug-likeness (QED) is 0.775. The number of carbonyl (C=O) groups excluding carboxylic acids is 2. The molecule has 96 valence electrons. The van der Waals surface area contributed by atoms with Gasteiger partial charge in [0.25, 0.3) is 0 Å². The lowest BCUT2D eigenvalue weighted by Crippen LogP contribution is -2.57. The molecule has 2 rings (SSSR count). The molecule has 0 aromatic heterocycles. The Bertz CT molecular complexity index is 484. The van der Waals surface area contributed by atoms with E-state index in [2.05, 4.69) is 0 Å². The van der Waals surface area contributed by atoms with E-state index in [-0.39, 0.29) is 24.4 Å². The molecule has 4 nitrogen and oxygen atoms in total. The van der Waals surface area contributed by atoms with Gasteiger partial charge in [0.05, 0.1) is 6.54 Å². The van der Waals surface area contributed by atoms with Crippen molar-refractivity contribution in [3.8, 4) is 0 Å². The van der Waals surface area contributed by atoms with Crippen LogP contribution in [0.3, 0.4) is 0 Å². The minimum atomic E-state index is -0.377. The third kappa shape index (κ3) is 2.23. The van der Waals surface area contributed by atoms with E-state index in [1.807, 2.05) is 31.2 Å². The van der Waals surface area contributed by atoms with Gasteiger partial charge in [0.15, 0.2) is 0 Å². The van der Waals surface area contributed by atoms with Gasteiger partial charge in [-0.1, -0.05) is 24.3 Å². The van der Waals surface area contributed by atoms with E-state index in [0.29, 0.717) is 6.42 Å². The number of carbonyl (C=O) groups is 2. The molecule has 0 radical (unpaired) electrons. The van der Waals surface area contributed by atoms with Crippen molar-refractivity contribution in [1.82, 2.24) is 9.80 Å². The molecule has 1 saturated heterocycles. The van der Waals surface area contributed by atoms with Crippen molar-refractivity contribution in [3.05, 3.63) is 35.4 Å². The van der Waals surface area contributed by atoms with Crippen LogP contribution in [0.5, 0.6) is 0 Å². The van der Waals surface area contributed by atoms with Gasteiger partial charge in [-0.3, -0.25) is 9.59 Å². The van der Waals surface area contributed by atoms with Crippen LogP contribution in [0, 0.1) is 6.92 Å². The summed E-state index contributed by atoms with van der Waals surface area (Å²) in [4.78, 5) is 27.0. The summed E-state index contributed by atoms with van der Waals surface area (Å²) < 4.78 is 0. The third-order valence-corrected chi connectivity index (χ3v) is 3.57. The molecule has 0 aliphatic carbocycles. The molecule has 0 spiro atoms. The average molecular weight is 246 g/mol. The molecule has 1 atom stereocenters. The Morgan fingerprint density at radius 3 is 2.56 bits per heavy atom. The summed E-state index contributed by atoms with van der Waals surface area (Å²) in [5.74, 6) is 0.0102. The van der Waals surface area contributed by atoms with Crippen molar-refractivity contribution < 1.29 is 9.59 Å². The number of piperazine rings is 1. The van der Waals surface area contributed by atoms with Crippen molar-refractivity contribution in [2.75, 3.05) is 20.6 Å². The van der Waals surface area contributed by atoms with Gasteiger partial charge in [0, 0.05) is 20.5 Å². The Balaban J connectivity index is 2.23. The minimum absolute atomic E-state index is 0.00400. The maximum absolute atomic E-state index is 12.1. The second-order valence-electron chi connectivity index (χ2n) is 4.85.